The molecule has 11 nitrogen and oxygen atoms in total. The second kappa shape index (κ2) is 17.7. The minimum absolute atomic E-state index is 0.254. The van der Waals surface area contributed by atoms with Gasteiger partial charge in [0.2, 0.25) is 0 Å². The first-order chi connectivity index (χ1) is 23.5. The standard InChI is InChI=1S/C37H39BO11/c1-24-23-34(48-36(40)28-7-13-31(14-8-28)45-20-6-5-19-44-27(4)39)25(2)26(3)35(24)49-37(41)29-9-15-32(16-10-29)46-21-22-47-33-17-11-30(12-18-33)38(42)43/h7-18,23,42-43H,5-6,19-22H2,1-4H3. The Bertz CT molecular complexity index is 1720. The molecule has 0 fully saturated rings. The summed E-state index contributed by atoms with van der Waals surface area (Å²) < 4.78 is 33.4. The van der Waals surface area contributed by atoms with Crippen molar-refractivity contribution in [3.8, 4) is 28.7 Å². The van der Waals surface area contributed by atoms with Crippen LogP contribution >= 0.6 is 0 Å². The van der Waals surface area contributed by atoms with E-state index >= 15 is 0 Å². The topological polar surface area (TPSA) is 147 Å². The molecule has 0 bridgehead atoms. The van der Waals surface area contributed by atoms with Crippen molar-refractivity contribution in [2.75, 3.05) is 26.4 Å². The van der Waals surface area contributed by atoms with E-state index in [9.17, 15) is 24.4 Å². The molecule has 0 aliphatic carbocycles. The second-order valence-electron chi connectivity index (χ2n) is 11.1. The van der Waals surface area contributed by atoms with Crippen LogP contribution in [0.2, 0.25) is 0 Å². The van der Waals surface area contributed by atoms with E-state index in [1.54, 1.807) is 99.6 Å². The lowest BCUT2D eigenvalue weighted by Crippen LogP contribution is -2.29. The zero-order valence-corrected chi connectivity index (χ0v) is 27.9. The number of rotatable bonds is 16. The summed E-state index contributed by atoms with van der Waals surface area (Å²) in [6.45, 7) is 8.05. The van der Waals surface area contributed by atoms with Crippen LogP contribution in [0.4, 0.5) is 0 Å². The molecule has 0 saturated heterocycles. The van der Waals surface area contributed by atoms with Gasteiger partial charge < -0.3 is 38.5 Å². The van der Waals surface area contributed by atoms with E-state index in [2.05, 4.69) is 0 Å². The fourth-order valence-electron chi connectivity index (χ4n) is 4.63. The Morgan fingerprint density at radius 1 is 0.612 bits per heavy atom. The second-order valence-corrected chi connectivity index (χ2v) is 11.1. The number of aryl methyl sites for hydroxylation is 1. The highest BCUT2D eigenvalue weighted by Crippen LogP contribution is 2.34. The van der Waals surface area contributed by atoms with Crippen molar-refractivity contribution < 1.29 is 52.9 Å². The van der Waals surface area contributed by atoms with Gasteiger partial charge in [0.15, 0.2) is 0 Å². The number of hydrogen-bond donors (Lipinski definition) is 2. The first kappa shape index (κ1) is 36.5. The van der Waals surface area contributed by atoms with Gasteiger partial charge in [0, 0.05) is 6.92 Å². The quantitative estimate of drug-likeness (QED) is 0.0726. The average Bonchev–Trinajstić information content (AvgIpc) is 3.09. The normalized spacial score (nSPS) is 10.6. The summed E-state index contributed by atoms with van der Waals surface area (Å²) in [5.41, 5.74) is 2.99. The number of carbonyl (C=O) groups is 3. The molecule has 0 spiro atoms. The fourth-order valence-corrected chi connectivity index (χ4v) is 4.63. The number of ether oxygens (including phenoxy) is 6. The SMILES string of the molecule is CC(=O)OCCCCOc1ccc(C(=O)Oc2cc(C)c(OC(=O)c3ccc(OCCOc4ccc(B(O)O)cc4)cc3)c(C)c2C)cc1. The van der Waals surface area contributed by atoms with Crippen LogP contribution in [0.25, 0.3) is 0 Å². The van der Waals surface area contributed by atoms with Crippen LogP contribution in [0.3, 0.4) is 0 Å². The van der Waals surface area contributed by atoms with Gasteiger partial charge in [0.25, 0.3) is 0 Å². The predicted molar refractivity (Wildman–Crippen MR) is 182 cm³/mol. The van der Waals surface area contributed by atoms with Crippen LogP contribution in [0.1, 0.15) is 57.2 Å². The van der Waals surface area contributed by atoms with Crippen LogP contribution in [0.5, 0.6) is 28.7 Å². The van der Waals surface area contributed by atoms with Gasteiger partial charge in [-0.25, -0.2) is 9.59 Å². The lowest BCUT2D eigenvalue weighted by molar-refractivity contribution is -0.141. The summed E-state index contributed by atoms with van der Waals surface area (Å²) in [5, 5.41) is 18.3. The van der Waals surface area contributed by atoms with Gasteiger partial charge in [0.1, 0.15) is 42.0 Å². The molecule has 256 valence electrons. The minimum Gasteiger partial charge on any atom is -0.494 e. The predicted octanol–water partition coefficient (Wildman–Crippen LogP) is 4.91. The molecule has 0 heterocycles. The van der Waals surface area contributed by atoms with E-state index in [-0.39, 0.29) is 19.2 Å². The third kappa shape index (κ3) is 10.8. The summed E-state index contributed by atoms with van der Waals surface area (Å²) in [6.07, 6.45) is 1.41. The Hall–Kier alpha value is -5.33. The van der Waals surface area contributed by atoms with E-state index in [1.807, 2.05) is 0 Å². The van der Waals surface area contributed by atoms with Crippen molar-refractivity contribution in [2.45, 2.75) is 40.5 Å². The van der Waals surface area contributed by atoms with E-state index in [0.717, 1.165) is 6.42 Å². The zero-order chi connectivity index (χ0) is 35.3. The number of esters is 3. The lowest BCUT2D eigenvalue weighted by Gasteiger charge is -2.16. The fraction of sp³-hybridized carbons (Fsp3) is 0.270. The van der Waals surface area contributed by atoms with Gasteiger partial charge in [-0.1, -0.05) is 12.1 Å². The highest BCUT2D eigenvalue weighted by molar-refractivity contribution is 6.58. The zero-order valence-electron chi connectivity index (χ0n) is 27.9. The molecular weight excluding hydrogens is 631 g/mol. The van der Waals surface area contributed by atoms with Crippen molar-refractivity contribution in [2.24, 2.45) is 0 Å². The molecule has 49 heavy (non-hydrogen) atoms. The average molecular weight is 671 g/mol. The van der Waals surface area contributed by atoms with Crippen molar-refractivity contribution in [1.29, 1.82) is 0 Å². The molecule has 4 aromatic carbocycles. The van der Waals surface area contributed by atoms with Gasteiger partial charge in [-0.15, -0.1) is 0 Å². The lowest BCUT2D eigenvalue weighted by atomic mass is 9.80. The summed E-state index contributed by atoms with van der Waals surface area (Å²) in [4.78, 5) is 36.7. The summed E-state index contributed by atoms with van der Waals surface area (Å²) in [7, 11) is -1.53. The van der Waals surface area contributed by atoms with Crippen molar-refractivity contribution in [3.05, 3.63) is 107 Å². The molecule has 0 amide bonds. The summed E-state index contributed by atoms with van der Waals surface area (Å²) >= 11 is 0. The first-order valence-corrected chi connectivity index (χ1v) is 15.7. The molecule has 2 N–H and O–H groups in total. The molecule has 4 aromatic rings. The highest BCUT2D eigenvalue weighted by Gasteiger charge is 2.19. The molecule has 0 atom stereocenters. The van der Waals surface area contributed by atoms with Crippen molar-refractivity contribution in [1.82, 2.24) is 0 Å². The molecule has 0 aliphatic rings. The first-order valence-electron chi connectivity index (χ1n) is 15.7. The Labute approximate surface area is 285 Å². The van der Waals surface area contributed by atoms with Crippen LogP contribution in [0.15, 0.2) is 78.9 Å². The van der Waals surface area contributed by atoms with E-state index < -0.39 is 19.1 Å². The Morgan fingerprint density at radius 2 is 1.08 bits per heavy atom. The molecular formula is C37H39BO11. The monoisotopic (exact) mass is 670 g/mol. The number of hydrogen-bond acceptors (Lipinski definition) is 11. The van der Waals surface area contributed by atoms with E-state index in [1.165, 1.54) is 6.92 Å². The van der Waals surface area contributed by atoms with Crippen LogP contribution in [0, 0.1) is 20.8 Å². The maximum Gasteiger partial charge on any atom is 0.488 e. The van der Waals surface area contributed by atoms with Crippen LogP contribution in [-0.4, -0.2) is 61.5 Å². The highest BCUT2D eigenvalue weighted by atomic mass is 16.5. The molecule has 0 unspecified atom stereocenters. The molecule has 0 saturated carbocycles. The number of unbranched alkanes of at least 4 members (excludes halogenated alkanes) is 1. The van der Waals surface area contributed by atoms with E-state index in [4.69, 9.17) is 28.4 Å². The van der Waals surface area contributed by atoms with Gasteiger partial charge in [-0.2, -0.15) is 0 Å². The number of carbonyl (C=O) groups excluding carboxylic acids is 3. The molecule has 0 radical (unpaired) electrons. The Kier molecular flexibility index (Phi) is 13.2. The van der Waals surface area contributed by atoms with Crippen LogP contribution < -0.4 is 29.1 Å². The maximum absolute atomic E-state index is 13.0. The van der Waals surface area contributed by atoms with E-state index in [0.29, 0.717) is 81.7 Å². The smallest absolute Gasteiger partial charge is 0.488 e. The third-order valence-corrected chi connectivity index (χ3v) is 7.47. The third-order valence-electron chi connectivity index (χ3n) is 7.47. The van der Waals surface area contributed by atoms with Gasteiger partial charge in [-0.05, 0) is 122 Å². The molecule has 0 aromatic heterocycles. The van der Waals surface area contributed by atoms with Gasteiger partial charge >= 0.3 is 25.0 Å². The summed E-state index contributed by atoms with van der Waals surface area (Å²) in [5.74, 6) is 1.08. The Morgan fingerprint density at radius 3 is 1.59 bits per heavy atom. The minimum atomic E-state index is -1.53. The largest absolute Gasteiger partial charge is 0.494 e. The molecule has 4 rings (SSSR count). The molecule has 12 heteroatoms. The van der Waals surface area contributed by atoms with Crippen LogP contribution in [-0.2, 0) is 9.53 Å². The summed E-state index contributed by atoms with van der Waals surface area (Å²) in [6, 6.07) is 21.2. The van der Waals surface area contributed by atoms with Crippen molar-refractivity contribution >= 4 is 30.5 Å². The number of benzene rings is 4. The van der Waals surface area contributed by atoms with Crippen molar-refractivity contribution in [3.63, 3.8) is 0 Å². The maximum atomic E-state index is 13.0. The van der Waals surface area contributed by atoms with Gasteiger partial charge in [-0.3, -0.25) is 4.79 Å². The Balaban J connectivity index is 1.26. The van der Waals surface area contributed by atoms with Gasteiger partial charge in [0.05, 0.1) is 24.3 Å². The molecule has 0 aliphatic heterocycles.